The molecule has 0 fully saturated rings. The summed E-state index contributed by atoms with van der Waals surface area (Å²) in [6.45, 7) is 0.571. The first-order valence-corrected chi connectivity index (χ1v) is 11.2. The molecule has 0 spiro atoms. The Labute approximate surface area is 169 Å². The zero-order valence-corrected chi connectivity index (χ0v) is 16.9. The molecular weight excluding hydrogens is 394 g/mol. The number of sulfone groups is 1. The van der Waals surface area contributed by atoms with Gasteiger partial charge in [-0.25, -0.2) is 8.42 Å². The predicted octanol–water partition coefficient (Wildman–Crippen LogP) is 2.65. The lowest BCUT2D eigenvalue weighted by Crippen LogP contribution is -2.34. The average molecular weight is 417 g/mol. The second kappa shape index (κ2) is 8.60. The summed E-state index contributed by atoms with van der Waals surface area (Å²) in [4.78, 5) is 23.1. The molecule has 0 radical (unpaired) electrons. The molecular formula is C20H23N3O5S. The second-order valence-electron chi connectivity index (χ2n) is 7.07. The first-order valence-electron chi connectivity index (χ1n) is 9.35. The fraction of sp³-hybridized carbons (Fsp3) is 0.350. The summed E-state index contributed by atoms with van der Waals surface area (Å²) in [5.74, 6) is -0.232. The number of carbonyl (C=O) groups excluding carboxylic acids is 1. The van der Waals surface area contributed by atoms with Gasteiger partial charge in [-0.05, 0) is 42.5 Å². The van der Waals surface area contributed by atoms with E-state index >= 15 is 0 Å². The van der Waals surface area contributed by atoms with Crippen molar-refractivity contribution in [3.63, 3.8) is 0 Å². The summed E-state index contributed by atoms with van der Waals surface area (Å²) in [5, 5.41) is 17.0. The third kappa shape index (κ3) is 4.92. The summed E-state index contributed by atoms with van der Waals surface area (Å²) < 4.78 is 23.2. The zero-order chi connectivity index (χ0) is 21.0. The summed E-state index contributed by atoms with van der Waals surface area (Å²) in [7, 11) is -3.54. The predicted molar refractivity (Wildman–Crippen MR) is 110 cm³/mol. The first kappa shape index (κ1) is 20.8. The highest BCUT2D eigenvalue weighted by molar-refractivity contribution is 7.90. The third-order valence-corrected chi connectivity index (χ3v) is 6.13. The Morgan fingerprint density at radius 3 is 2.69 bits per heavy atom. The van der Waals surface area contributed by atoms with Crippen LogP contribution < -0.4 is 10.6 Å². The van der Waals surface area contributed by atoms with Crippen molar-refractivity contribution < 1.29 is 18.1 Å². The molecule has 9 heteroatoms. The van der Waals surface area contributed by atoms with Crippen molar-refractivity contribution in [2.24, 2.45) is 0 Å². The summed E-state index contributed by atoms with van der Waals surface area (Å²) >= 11 is 0. The minimum Gasteiger partial charge on any atom is -0.378 e. The van der Waals surface area contributed by atoms with Gasteiger partial charge in [0, 0.05) is 25.4 Å². The average Bonchev–Trinajstić information content (AvgIpc) is 2.69. The van der Waals surface area contributed by atoms with Crippen molar-refractivity contribution in [3.8, 4) is 0 Å². The Bertz CT molecular complexity index is 1040. The quantitative estimate of drug-likeness (QED) is 0.406. The molecule has 8 nitrogen and oxygen atoms in total. The van der Waals surface area contributed by atoms with Crippen molar-refractivity contribution >= 4 is 27.1 Å². The number of nitrogens with one attached hydrogen (secondary N) is 2. The second-order valence-corrected chi connectivity index (χ2v) is 9.09. The molecule has 0 aromatic heterocycles. The minimum atomic E-state index is -3.54. The Kier molecular flexibility index (Phi) is 6.17. The minimum absolute atomic E-state index is 0.0547. The van der Waals surface area contributed by atoms with Crippen LogP contribution in [0.15, 0.2) is 47.4 Å². The van der Waals surface area contributed by atoms with Gasteiger partial charge in [-0.15, -0.1) is 0 Å². The molecule has 0 saturated heterocycles. The van der Waals surface area contributed by atoms with Crippen molar-refractivity contribution in [1.29, 1.82) is 0 Å². The van der Waals surface area contributed by atoms with Crippen LogP contribution in [-0.4, -0.2) is 38.6 Å². The van der Waals surface area contributed by atoms with E-state index in [9.17, 15) is 23.3 Å². The van der Waals surface area contributed by atoms with E-state index in [4.69, 9.17) is 0 Å². The third-order valence-electron chi connectivity index (χ3n) is 5.02. The van der Waals surface area contributed by atoms with E-state index < -0.39 is 14.8 Å². The number of nitrogens with zero attached hydrogens (tertiary/aromatic N) is 1. The van der Waals surface area contributed by atoms with E-state index in [-0.39, 0.29) is 34.6 Å². The van der Waals surface area contributed by atoms with Crippen molar-refractivity contribution in [3.05, 3.63) is 63.7 Å². The van der Waals surface area contributed by atoms with Crippen molar-refractivity contribution in [2.45, 2.75) is 30.1 Å². The molecule has 0 bridgehead atoms. The Balaban J connectivity index is 1.60. The Morgan fingerprint density at radius 2 is 1.97 bits per heavy atom. The fourth-order valence-corrected chi connectivity index (χ4v) is 4.22. The maximum Gasteiger partial charge on any atom is 0.293 e. The normalized spacial score (nSPS) is 16.0. The zero-order valence-electron chi connectivity index (χ0n) is 16.1. The van der Waals surface area contributed by atoms with Gasteiger partial charge in [0.05, 0.1) is 15.7 Å². The first-order chi connectivity index (χ1) is 13.8. The molecule has 1 amide bonds. The number of rotatable bonds is 7. The summed E-state index contributed by atoms with van der Waals surface area (Å²) in [6, 6.07) is 11.7. The Hall–Kier alpha value is -2.94. The highest BCUT2D eigenvalue weighted by Gasteiger charge is 2.25. The Morgan fingerprint density at radius 1 is 1.21 bits per heavy atom. The van der Waals surface area contributed by atoms with E-state index in [0.29, 0.717) is 6.54 Å². The molecule has 0 saturated carbocycles. The molecule has 2 aromatic rings. The maximum atomic E-state index is 12.6. The van der Waals surface area contributed by atoms with Gasteiger partial charge in [-0.1, -0.05) is 24.3 Å². The van der Waals surface area contributed by atoms with Crippen LogP contribution in [-0.2, 0) is 21.1 Å². The SMILES string of the molecule is CS(=O)(=O)c1ccc(NCCNC(=O)[C@H]2CCCc3ccccc32)c([N+](=O)[O-])c1. The van der Waals surface area contributed by atoms with Gasteiger partial charge in [0.2, 0.25) is 5.91 Å². The molecule has 29 heavy (non-hydrogen) atoms. The van der Waals surface area contributed by atoms with Gasteiger partial charge in [0.1, 0.15) is 5.69 Å². The number of benzene rings is 2. The standard InChI is InChI=1S/C20H23N3O5S/c1-29(27,28)15-9-10-18(19(13-15)23(25)26)21-11-12-22-20(24)17-8-4-6-14-5-2-3-7-16(14)17/h2-3,5,7,9-10,13,17,21H,4,6,8,11-12H2,1H3,(H,22,24)/t17-/m0/s1. The van der Waals surface area contributed by atoms with Gasteiger partial charge < -0.3 is 10.6 Å². The molecule has 0 heterocycles. The van der Waals surface area contributed by atoms with E-state index in [2.05, 4.69) is 16.7 Å². The highest BCUT2D eigenvalue weighted by Crippen LogP contribution is 2.31. The van der Waals surface area contributed by atoms with Crippen LogP contribution in [0.4, 0.5) is 11.4 Å². The molecule has 1 atom stereocenters. The van der Waals surface area contributed by atoms with E-state index in [1.54, 1.807) is 0 Å². The van der Waals surface area contributed by atoms with Crippen molar-refractivity contribution in [1.82, 2.24) is 5.32 Å². The van der Waals surface area contributed by atoms with E-state index in [1.165, 1.54) is 17.7 Å². The fourth-order valence-electron chi connectivity index (χ4n) is 3.57. The van der Waals surface area contributed by atoms with Gasteiger partial charge in [-0.3, -0.25) is 14.9 Å². The maximum absolute atomic E-state index is 12.6. The van der Waals surface area contributed by atoms with Gasteiger partial charge in [-0.2, -0.15) is 0 Å². The monoisotopic (exact) mass is 417 g/mol. The van der Waals surface area contributed by atoms with Crippen LogP contribution in [0.25, 0.3) is 0 Å². The molecule has 2 aromatic carbocycles. The highest BCUT2D eigenvalue weighted by atomic mass is 32.2. The summed E-state index contributed by atoms with van der Waals surface area (Å²) in [6.07, 6.45) is 3.74. The molecule has 1 aliphatic rings. The van der Waals surface area contributed by atoms with Crippen LogP contribution >= 0.6 is 0 Å². The van der Waals surface area contributed by atoms with Crippen LogP contribution in [0.5, 0.6) is 0 Å². The molecule has 154 valence electrons. The topological polar surface area (TPSA) is 118 Å². The van der Waals surface area contributed by atoms with Crippen molar-refractivity contribution in [2.75, 3.05) is 24.7 Å². The number of fused-ring (bicyclic) bond motifs is 1. The van der Waals surface area contributed by atoms with Crippen LogP contribution in [0, 0.1) is 10.1 Å². The number of amides is 1. The number of aryl methyl sites for hydroxylation is 1. The largest absolute Gasteiger partial charge is 0.378 e. The van der Waals surface area contributed by atoms with Gasteiger partial charge in [0.15, 0.2) is 9.84 Å². The molecule has 0 aliphatic heterocycles. The van der Waals surface area contributed by atoms with Crippen LogP contribution in [0.2, 0.25) is 0 Å². The van der Waals surface area contributed by atoms with Crippen LogP contribution in [0.1, 0.15) is 29.9 Å². The van der Waals surface area contributed by atoms with Gasteiger partial charge >= 0.3 is 0 Å². The number of anilines is 1. The van der Waals surface area contributed by atoms with Gasteiger partial charge in [0.25, 0.3) is 5.69 Å². The van der Waals surface area contributed by atoms with E-state index in [1.807, 2.05) is 18.2 Å². The lowest BCUT2D eigenvalue weighted by atomic mass is 9.82. The van der Waals surface area contributed by atoms with Crippen LogP contribution in [0.3, 0.4) is 0 Å². The summed E-state index contributed by atoms with van der Waals surface area (Å²) in [5.41, 5.74) is 2.16. The molecule has 3 rings (SSSR count). The number of hydrogen-bond acceptors (Lipinski definition) is 6. The lowest BCUT2D eigenvalue weighted by Gasteiger charge is -2.24. The number of carbonyl (C=O) groups is 1. The smallest absolute Gasteiger partial charge is 0.293 e. The number of nitro groups is 1. The molecule has 1 aliphatic carbocycles. The number of hydrogen-bond donors (Lipinski definition) is 2. The molecule has 2 N–H and O–H groups in total. The van der Waals surface area contributed by atoms with E-state index in [0.717, 1.165) is 37.1 Å². The number of nitro benzene ring substituents is 1. The lowest BCUT2D eigenvalue weighted by molar-refractivity contribution is -0.384. The molecule has 0 unspecified atom stereocenters.